The summed E-state index contributed by atoms with van der Waals surface area (Å²) in [7, 11) is 1.57. The minimum Gasteiger partial charge on any atom is -0.487 e. The van der Waals surface area contributed by atoms with Gasteiger partial charge in [-0.05, 0) is 37.2 Å². The second-order valence-electron chi connectivity index (χ2n) is 4.42. The summed E-state index contributed by atoms with van der Waals surface area (Å²) in [5.74, 6) is 0.187. The molecule has 7 heteroatoms. The lowest BCUT2D eigenvalue weighted by Gasteiger charge is -2.19. The number of hydrogen-bond acceptors (Lipinski definition) is 4. The van der Waals surface area contributed by atoms with Crippen molar-refractivity contribution in [1.29, 1.82) is 0 Å². The fourth-order valence-electron chi connectivity index (χ4n) is 1.67. The number of benzene rings is 1. The van der Waals surface area contributed by atoms with Crippen molar-refractivity contribution in [3.8, 4) is 11.5 Å². The summed E-state index contributed by atoms with van der Waals surface area (Å²) in [6.07, 6.45) is -3.90. The predicted octanol–water partition coefficient (Wildman–Crippen LogP) is 2.98. The van der Waals surface area contributed by atoms with Crippen LogP contribution in [0.1, 0.15) is 13.3 Å². The fourth-order valence-corrected chi connectivity index (χ4v) is 1.67. The number of rotatable bonds is 9. The molecule has 1 rings (SSSR count). The number of alkyl halides is 3. The Hall–Kier alpha value is -1.47. The highest BCUT2D eigenvalue weighted by atomic mass is 19.4. The van der Waals surface area contributed by atoms with Gasteiger partial charge in [0.2, 0.25) is 0 Å². The molecule has 0 saturated carbocycles. The summed E-state index contributed by atoms with van der Waals surface area (Å²) < 4.78 is 50.7. The second kappa shape index (κ2) is 8.74. The molecule has 1 aromatic rings. The summed E-state index contributed by atoms with van der Waals surface area (Å²) in [5.41, 5.74) is 0. The van der Waals surface area contributed by atoms with E-state index in [1.165, 1.54) is 24.3 Å². The van der Waals surface area contributed by atoms with Gasteiger partial charge in [0.15, 0.2) is 0 Å². The van der Waals surface area contributed by atoms with Crippen LogP contribution in [0.3, 0.4) is 0 Å². The zero-order chi connectivity index (χ0) is 15.7. The van der Waals surface area contributed by atoms with E-state index in [1.807, 2.05) is 0 Å². The van der Waals surface area contributed by atoms with E-state index in [0.717, 1.165) is 13.0 Å². The maximum atomic E-state index is 12.0. The van der Waals surface area contributed by atoms with Crippen molar-refractivity contribution in [3.63, 3.8) is 0 Å². The molecule has 0 bridgehead atoms. The van der Waals surface area contributed by atoms with E-state index in [9.17, 15) is 13.2 Å². The topological polar surface area (TPSA) is 39.7 Å². The standard InChI is InChI=1S/C14H20F3NO3/c1-3-8-18-9-13(10-19-2)20-11-4-6-12(7-5-11)21-14(15,16)17/h4-7,13,18H,3,8-10H2,1-2H3. The van der Waals surface area contributed by atoms with Gasteiger partial charge in [-0.3, -0.25) is 0 Å². The number of hydrogen-bond donors (Lipinski definition) is 1. The highest BCUT2D eigenvalue weighted by molar-refractivity contribution is 5.31. The fraction of sp³-hybridized carbons (Fsp3) is 0.571. The molecule has 1 atom stereocenters. The van der Waals surface area contributed by atoms with Gasteiger partial charge in [-0.1, -0.05) is 6.92 Å². The Bertz CT molecular complexity index is 395. The van der Waals surface area contributed by atoms with Crippen LogP contribution in [-0.4, -0.2) is 39.3 Å². The third-order valence-corrected chi connectivity index (χ3v) is 2.51. The van der Waals surface area contributed by atoms with Crippen LogP contribution in [0.15, 0.2) is 24.3 Å². The maximum Gasteiger partial charge on any atom is 0.573 e. The minimum absolute atomic E-state index is 0.212. The normalized spacial score (nSPS) is 13.0. The van der Waals surface area contributed by atoms with Crippen molar-refractivity contribution in [2.24, 2.45) is 0 Å². The van der Waals surface area contributed by atoms with Gasteiger partial charge in [0.05, 0.1) is 6.61 Å². The molecule has 1 unspecified atom stereocenters. The van der Waals surface area contributed by atoms with Crippen molar-refractivity contribution in [2.45, 2.75) is 25.8 Å². The lowest BCUT2D eigenvalue weighted by Crippen LogP contribution is -2.35. The molecule has 120 valence electrons. The van der Waals surface area contributed by atoms with Crippen molar-refractivity contribution in [1.82, 2.24) is 5.32 Å². The molecule has 0 aliphatic carbocycles. The zero-order valence-electron chi connectivity index (χ0n) is 12.1. The quantitative estimate of drug-likeness (QED) is 0.712. The molecule has 1 aromatic carbocycles. The number of halogens is 3. The average molecular weight is 307 g/mol. The van der Waals surface area contributed by atoms with Gasteiger partial charge in [-0.15, -0.1) is 13.2 Å². The first-order valence-corrected chi connectivity index (χ1v) is 6.66. The predicted molar refractivity (Wildman–Crippen MR) is 72.6 cm³/mol. The summed E-state index contributed by atoms with van der Waals surface area (Å²) >= 11 is 0. The van der Waals surface area contributed by atoms with Crippen LogP contribution in [0.2, 0.25) is 0 Å². The molecular formula is C14H20F3NO3. The van der Waals surface area contributed by atoms with Gasteiger partial charge in [0, 0.05) is 13.7 Å². The van der Waals surface area contributed by atoms with Gasteiger partial charge >= 0.3 is 6.36 Å². The molecule has 21 heavy (non-hydrogen) atoms. The van der Waals surface area contributed by atoms with Gasteiger partial charge in [0.25, 0.3) is 0 Å². The molecule has 0 heterocycles. The Labute approximate surface area is 122 Å². The van der Waals surface area contributed by atoms with Crippen LogP contribution in [0.4, 0.5) is 13.2 Å². The molecule has 0 aliphatic rings. The number of nitrogens with one attached hydrogen (secondary N) is 1. The highest BCUT2D eigenvalue weighted by Crippen LogP contribution is 2.25. The molecular weight excluding hydrogens is 287 g/mol. The monoisotopic (exact) mass is 307 g/mol. The van der Waals surface area contributed by atoms with Crippen LogP contribution >= 0.6 is 0 Å². The third kappa shape index (κ3) is 7.77. The summed E-state index contributed by atoms with van der Waals surface area (Å²) in [4.78, 5) is 0. The van der Waals surface area contributed by atoms with E-state index in [-0.39, 0.29) is 11.9 Å². The molecule has 0 aliphatic heterocycles. The molecule has 0 amide bonds. The molecule has 0 spiro atoms. The summed E-state index contributed by atoms with van der Waals surface area (Å²) in [5, 5.41) is 3.20. The average Bonchev–Trinajstić information content (AvgIpc) is 2.40. The number of methoxy groups -OCH3 is 1. The molecule has 4 nitrogen and oxygen atoms in total. The first-order chi connectivity index (χ1) is 9.94. The third-order valence-electron chi connectivity index (χ3n) is 2.51. The van der Waals surface area contributed by atoms with E-state index in [2.05, 4.69) is 17.0 Å². The maximum absolute atomic E-state index is 12.0. The first-order valence-electron chi connectivity index (χ1n) is 6.66. The Morgan fingerprint density at radius 3 is 2.29 bits per heavy atom. The molecule has 0 radical (unpaired) electrons. The van der Waals surface area contributed by atoms with Crippen LogP contribution in [0.25, 0.3) is 0 Å². The van der Waals surface area contributed by atoms with Crippen LogP contribution < -0.4 is 14.8 Å². The summed E-state index contributed by atoms with van der Waals surface area (Å²) in [6, 6.07) is 5.30. The van der Waals surface area contributed by atoms with Crippen molar-refractivity contribution in [2.75, 3.05) is 26.8 Å². The van der Waals surface area contributed by atoms with Gasteiger partial charge in [0.1, 0.15) is 17.6 Å². The summed E-state index contributed by atoms with van der Waals surface area (Å²) in [6.45, 7) is 3.90. The SMILES string of the molecule is CCCNCC(COC)Oc1ccc(OC(F)(F)F)cc1. The van der Waals surface area contributed by atoms with Gasteiger partial charge in [-0.25, -0.2) is 0 Å². The zero-order valence-corrected chi connectivity index (χ0v) is 12.1. The Balaban J connectivity index is 2.54. The molecule has 0 aromatic heterocycles. The Kier molecular flexibility index (Phi) is 7.31. The molecule has 0 fully saturated rings. The van der Waals surface area contributed by atoms with E-state index >= 15 is 0 Å². The van der Waals surface area contributed by atoms with Crippen LogP contribution in [-0.2, 0) is 4.74 Å². The Morgan fingerprint density at radius 1 is 1.14 bits per heavy atom. The Morgan fingerprint density at radius 2 is 1.76 bits per heavy atom. The van der Waals surface area contributed by atoms with Gasteiger partial charge < -0.3 is 19.5 Å². The first kappa shape index (κ1) is 17.6. The van der Waals surface area contributed by atoms with Crippen molar-refractivity contribution < 1.29 is 27.4 Å². The lowest BCUT2D eigenvalue weighted by molar-refractivity contribution is -0.274. The van der Waals surface area contributed by atoms with E-state index in [0.29, 0.717) is 18.9 Å². The molecule has 1 N–H and O–H groups in total. The van der Waals surface area contributed by atoms with Crippen LogP contribution in [0.5, 0.6) is 11.5 Å². The largest absolute Gasteiger partial charge is 0.573 e. The number of ether oxygens (including phenoxy) is 3. The second-order valence-corrected chi connectivity index (χ2v) is 4.42. The van der Waals surface area contributed by atoms with Crippen molar-refractivity contribution >= 4 is 0 Å². The van der Waals surface area contributed by atoms with E-state index < -0.39 is 6.36 Å². The lowest BCUT2D eigenvalue weighted by atomic mass is 10.3. The van der Waals surface area contributed by atoms with E-state index in [4.69, 9.17) is 9.47 Å². The minimum atomic E-state index is -4.69. The smallest absolute Gasteiger partial charge is 0.487 e. The molecule has 0 saturated heterocycles. The highest BCUT2D eigenvalue weighted by Gasteiger charge is 2.31. The van der Waals surface area contributed by atoms with Gasteiger partial charge in [-0.2, -0.15) is 0 Å². The van der Waals surface area contributed by atoms with Crippen LogP contribution in [0, 0.1) is 0 Å². The van der Waals surface area contributed by atoms with Crippen molar-refractivity contribution in [3.05, 3.63) is 24.3 Å². The van der Waals surface area contributed by atoms with E-state index in [1.54, 1.807) is 7.11 Å².